The van der Waals surface area contributed by atoms with E-state index >= 15 is 0 Å². The lowest BCUT2D eigenvalue weighted by atomic mass is 10.1. The minimum atomic E-state index is -0.0526. The Hall–Kier alpha value is -2.82. The van der Waals surface area contributed by atoms with E-state index in [1.807, 2.05) is 37.3 Å². The van der Waals surface area contributed by atoms with E-state index in [2.05, 4.69) is 11.9 Å². The Kier molecular flexibility index (Phi) is 6.12. The molecular weight excluding hydrogens is 340 g/mol. The van der Waals surface area contributed by atoms with Crippen molar-refractivity contribution in [1.29, 1.82) is 0 Å². The Bertz CT molecular complexity index is 818. The van der Waals surface area contributed by atoms with Crippen LogP contribution in [0.3, 0.4) is 0 Å². The Morgan fingerprint density at radius 1 is 1.41 bits per heavy atom. The van der Waals surface area contributed by atoms with Gasteiger partial charge in [-0.15, -0.1) is 0 Å². The fourth-order valence-corrected chi connectivity index (χ4v) is 3.09. The Morgan fingerprint density at radius 2 is 2.26 bits per heavy atom. The number of nitrogens with zero attached hydrogens (tertiary/aromatic N) is 2. The van der Waals surface area contributed by atoms with Crippen LogP contribution in [0.2, 0.25) is 0 Å². The van der Waals surface area contributed by atoms with Crippen LogP contribution in [0.5, 0.6) is 11.5 Å². The number of rotatable bonds is 7. The summed E-state index contributed by atoms with van der Waals surface area (Å²) in [5.41, 5.74) is 2.99. The van der Waals surface area contributed by atoms with Crippen molar-refractivity contribution in [3.05, 3.63) is 59.4 Å². The second kappa shape index (κ2) is 8.71. The maximum Gasteiger partial charge on any atom is 0.246 e. The number of carbonyl (C=O) groups is 1. The molecule has 1 aliphatic rings. The van der Waals surface area contributed by atoms with Crippen molar-refractivity contribution in [1.82, 2.24) is 9.88 Å². The van der Waals surface area contributed by atoms with Crippen LogP contribution in [0.15, 0.2) is 42.6 Å². The van der Waals surface area contributed by atoms with Crippen LogP contribution in [-0.2, 0) is 17.6 Å². The van der Waals surface area contributed by atoms with E-state index in [1.54, 1.807) is 30.3 Å². The van der Waals surface area contributed by atoms with E-state index in [1.165, 1.54) is 0 Å². The number of hydrogen-bond acceptors (Lipinski definition) is 4. The van der Waals surface area contributed by atoms with Crippen molar-refractivity contribution in [2.75, 3.05) is 20.2 Å². The summed E-state index contributed by atoms with van der Waals surface area (Å²) >= 11 is 0. The van der Waals surface area contributed by atoms with Gasteiger partial charge in [-0.2, -0.15) is 0 Å². The zero-order valence-electron chi connectivity index (χ0n) is 16.1. The van der Waals surface area contributed by atoms with Crippen LogP contribution in [0, 0.1) is 0 Å². The molecule has 5 heteroatoms. The molecule has 0 aliphatic carbocycles. The summed E-state index contributed by atoms with van der Waals surface area (Å²) in [6, 6.07) is 9.79. The van der Waals surface area contributed by atoms with E-state index in [9.17, 15) is 4.79 Å². The number of fused-ring (bicyclic) bond motifs is 1. The van der Waals surface area contributed by atoms with E-state index in [-0.39, 0.29) is 12.0 Å². The Morgan fingerprint density at radius 3 is 3.00 bits per heavy atom. The normalized spacial score (nSPS) is 15.4. The molecule has 5 nitrogen and oxygen atoms in total. The molecule has 1 unspecified atom stereocenters. The standard InChI is InChI=1S/C22H26N2O3/c1-4-26-20-15-18-13-16(2)27-21(18)14-17(20)8-9-22(25)24(3)12-10-19-7-5-6-11-23-19/h5-9,11,14-16H,4,10,12-13H2,1-3H3/b9-8+. The fraction of sp³-hybridized carbons (Fsp3) is 0.364. The molecule has 1 atom stereocenters. The van der Waals surface area contributed by atoms with Crippen LogP contribution in [-0.4, -0.2) is 42.1 Å². The quantitative estimate of drug-likeness (QED) is 0.704. The smallest absolute Gasteiger partial charge is 0.246 e. The van der Waals surface area contributed by atoms with Gasteiger partial charge < -0.3 is 14.4 Å². The molecule has 0 N–H and O–H groups in total. The highest BCUT2D eigenvalue weighted by molar-refractivity contribution is 5.92. The molecule has 3 rings (SSSR count). The summed E-state index contributed by atoms with van der Waals surface area (Å²) in [7, 11) is 1.80. The largest absolute Gasteiger partial charge is 0.493 e. The summed E-state index contributed by atoms with van der Waals surface area (Å²) < 4.78 is 11.6. The molecule has 0 fully saturated rings. The number of likely N-dealkylation sites (N-methyl/N-ethyl adjacent to an activating group) is 1. The van der Waals surface area contributed by atoms with Crippen LogP contribution in [0.4, 0.5) is 0 Å². The average molecular weight is 366 g/mol. The van der Waals surface area contributed by atoms with Gasteiger partial charge in [-0.25, -0.2) is 0 Å². The lowest BCUT2D eigenvalue weighted by Gasteiger charge is -2.15. The molecule has 0 radical (unpaired) electrons. The van der Waals surface area contributed by atoms with Gasteiger partial charge in [-0.05, 0) is 44.2 Å². The number of amides is 1. The average Bonchev–Trinajstić information content (AvgIpc) is 3.03. The molecular formula is C22H26N2O3. The SMILES string of the molecule is CCOc1cc2c(cc1/C=C/C(=O)N(C)CCc1ccccn1)OC(C)C2. The summed E-state index contributed by atoms with van der Waals surface area (Å²) in [6.45, 7) is 5.20. The predicted molar refractivity (Wildman–Crippen MR) is 106 cm³/mol. The minimum absolute atomic E-state index is 0.0526. The Balaban J connectivity index is 1.67. The minimum Gasteiger partial charge on any atom is -0.493 e. The first kappa shape index (κ1) is 19.0. The highest BCUT2D eigenvalue weighted by Crippen LogP contribution is 2.35. The molecule has 1 aliphatic heterocycles. The van der Waals surface area contributed by atoms with Gasteiger partial charge in [0.05, 0.1) is 6.61 Å². The second-order valence-corrected chi connectivity index (χ2v) is 6.73. The maximum absolute atomic E-state index is 12.4. The molecule has 0 saturated heterocycles. The van der Waals surface area contributed by atoms with Crippen LogP contribution < -0.4 is 9.47 Å². The molecule has 2 heterocycles. The van der Waals surface area contributed by atoms with Gasteiger partial charge >= 0.3 is 0 Å². The van der Waals surface area contributed by atoms with Crippen molar-refractivity contribution < 1.29 is 14.3 Å². The van der Waals surface area contributed by atoms with Crippen molar-refractivity contribution in [3.8, 4) is 11.5 Å². The zero-order valence-corrected chi connectivity index (χ0v) is 16.1. The van der Waals surface area contributed by atoms with Crippen molar-refractivity contribution in [3.63, 3.8) is 0 Å². The molecule has 0 bridgehead atoms. The zero-order chi connectivity index (χ0) is 19.2. The fourth-order valence-electron chi connectivity index (χ4n) is 3.09. The monoisotopic (exact) mass is 366 g/mol. The summed E-state index contributed by atoms with van der Waals surface area (Å²) in [5, 5.41) is 0. The van der Waals surface area contributed by atoms with E-state index in [4.69, 9.17) is 9.47 Å². The Labute approximate surface area is 160 Å². The van der Waals surface area contributed by atoms with Crippen LogP contribution in [0.1, 0.15) is 30.7 Å². The predicted octanol–water partition coefficient (Wildman–Crippen LogP) is 3.52. The molecule has 0 saturated carbocycles. The number of ether oxygens (including phenoxy) is 2. The van der Waals surface area contributed by atoms with E-state index in [0.717, 1.165) is 41.2 Å². The van der Waals surface area contributed by atoms with Crippen molar-refractivity contribution >= 4 is 12.0 Å². The van der Waals surface area contributed by atoms with Gasteiger partial charge in [0.2, 0.25) is 5.91 Å². The number of aromatic nitrogens is 1. The molecule has 1 aromatic carbocycles. The van der Waals surface area contributed by atoms with Crippen molar-refractivity contribution in [2.24, 2.45) is 0 Å². The number of carbonyl (C=O) groups excluding carboxylic acids is 1. The first-order chi connectivity index (χ1) is 13.1. The molecule has 27 heavy (non-hydrogen) atoms. The number of benzene rings is 1. The third-order valence-corrected chi connectivity index (χ3v) is 4.54. The highest BCUT2D eigenvalue weighted by atomic mass is 16.5. The number of hydrogen-bond donors (Lipinski definition) is 0. The highest BCUT2D eigenvalue weighted by Gasteiger charge is 2.21. The van der Waals surface area contributed by atoms with Gasteiger partial charge in [0, 0.05) is 55.5 Å². The molecule has 1 amide bonds. The first-order valence-corrected chi connectivity index (χ1v) is 9.36. The lowest BCUT2D eigenvalue weighted by molar-refractivity contribution is -0.124. The van der Waals surface area contributed by atoms with Crippen LogP contribution >= 0.6 is 0 Å². The molecule has 142 valence electrons. The van der Waals surface area contributed by atoms with Crippen molar-refractivity contribution in [2.45, 2.75) is 32.8 Å². The first-order valence-electron chi connectivity index (χ1n) is 9.36. The van der Waals surface area contributed by atoms with Gasteiger partial charge in [0.15, 0.2) is 0 Å². The third-order valence-electron chi connectivity index (χ3n) is 4.54. The molecule has 0 spiro atoms. The van der Waals surface area contributed by atoms with Gasteiger partial charge in [-0.1, -0.05) is 6.07 Å². The van der Waals surface area contributed by atoms with E-state index in [0.29, 0.717) is 13.2 Å². The summed E-state index contributed by atoms with van der Waals surface area (Å²) in [4.78, 5) is 18.4. The number of pyridine rings is 1. The summed E-state index contributed by atoms with van der Waals surface area (Å²) in [5.74, 6) is 1.61. The van der Waals surface area contributed by atoms with Gasteiger partial charge in [0.1, 0.15) is 17.6 Å². The summed E-state index contributed by atoms with van der Waals surface area (Å²) in [6.07, 6.45) is 6.94. The third kappa shape index (κ3) is 4.88. The van der Waals surface area contributed by atoms with Crippen LogP contribution in [0.25, 0.3) is 6.08 Å². The van der Waals surface area contributed by atoms with Gasteiger partial charge in [0.25, 0.3) is 0 Å². The second-order valence-electron chi connectivity index (χ2n) is 6.73. The lowest BCUT2D eigenvalue weighted by Crippen LogP contribution is -2.27. The molecule has 2 aromatic rings. The molecule has 1 aromatic heterocycles. The topological polar surface area (TPSA) is 51.7 Å². The van der Waals surface area contributed by atoms with Gasteiger partial charge in [-0.3, -0.25) is 9.78 Å². The maximum atomic E-state index is 12.4. The van der Waals surface area contributed by atoms with E-state index < -0.39 is 0 Å².